The zero-order valence-corrected chi connectivity index (χ0v) is 15.9. The first kappa shape index (κ1) is 19.1. The van der Waals surface area contributed by atoms with Gasteiger partial charge in [-0.3, -0.25) is 4.79 Å². The first-order valence-electron chi connectivity index (χ1n) is 8.60. The summed E-state index contributed by atoms with van der Waals surface area (Å²) in [4.78, 5) is 16.9. The van der Waals surface area contributed by atoms with Crippen molar-refractivity contribution in [1.29, 1.82) is 0 Å². The number of nitrogens with zero attached hydrogens (tertiary/aromatic N) is 2. The van der Waals surface area contributed by atoms with Crippen molar-refractivity contribution in [2.45, 2.75) is 46.5 Å². The van der Waals surface area contributed by atoms with Crippen molar-refractivity contribution in [1.82, 2.24) is 10.4 Å². The van der Waals surface area contributed by atoms with Crippen LogP contribution in [0.5, 0.6) is 5.75 Å². The van der Waals surface area contributed by atoms with Crippen molar-refractivity contribution in [3.8, 4) is 5.75 Å². The first-order valence-corrected chi connectivity index (χ1v) is 9.42. The third-order valence-electron chi connectivity index (χ3n) is 3.61. The highest BCUT2D eigenvalue weighted by Crippen LogP contribution is 2.17. The van der Waals surface area contributed by atoms with Crippen molar-refractivity contribution in [2.75, 3.05) is 6.61 Å². The summed E-state index contributed by atoms with van der Waals surface area (Å²) in [6.45, 7) is 6.62. The molecule has 1 heterocycles. The van der Waals surface area contributed by atoms with E-state index in [1.807, 2.05) is 38.1 Å². The number of unbranched alkanes of at least 4 members (excludes halogenated alkanes) is 3. The number of hydrazone groups is 1. The van der Waals surface area contributed by atoms with E-state index in [1.165, 1.54) is 30.6 Å². The quantitative estimate of drug-likeness (QED) is 0.408. The number of thiazole rings is 1. The predicted octanol–water partition coefficient (Wildman–Crippen LogP) is 4.48. The lowest BCUT2D eigenvalue weighted by molar-refractivity contribution is 0.0958. The molecule has 0 saturated carbocycles. The van der Waals surface area contributed by atoms with Gasteiger partial charge < -0.3 is 4.74 Å². The number of amides is 1. The Balaban J connectivity index is 1.85. The molecule has 1 N–H and O–H groups in total. The zero-order valence-electron chi connectivity index (χ0n) is 15.0. The van der Waals surface area contributed by atoms with Gasteiger partial charge in [-0.25, -0.2) is 10.4 Å². The third-order valence-corrected chi connectivity index (χ3v) is 4.69. The van der Waals surface area contributed by atoms with Crippen molar-refractivity contribution in [2.24, 2.45) is 5.10 Å². The van der Waals surface area contributed by atoms with E-state index in [9.17, 15) is 4.79 Å². The number of benzene rings is 1. The molecule has 6 heteroatoms. The minimum absolute atomic E-state index is 0.234. The lowest BCUT2D eigenvalue weighted by Gasteiger charge is -2.06. The fourth-order valence-corrected chi connectivity index (χ4v) is 3.17. The van der Waals surface area contributed by atoms with E-state index in [1.54, 1.807) is 6.21 Å². The van der Waals surface area contributed by atoms with E-state index in [0.717, 1.165) is 35.0 Å². The molecule has 1 aromatic heterocycles. The Morgan fingerprint density at radius 3 is 2.88 bits per heavy atom. The van der Waals surface area contributed by atoms with E-state index in [0.29, 0.717) is 4.88 Å². The average Bonchev–Trinajstić information content (AvgIpc) is 2.93. The summed E-state index contributed by atoms with van der Waals surface area (Å²) in [5.74, 6) is 0.586. The summed E-state index contributed by atoms with van der Waals surface area (Å²) in [6, 6.07) is 7.68. The number of ether oxygens (including phenoxy) is 1. The lowest BCUT2D eigenvalue weighted by Crippen LogP contribution is -2.17. The van der Waals surface area contributed by atoms with E-state index in [-0.39, 0.29) is 5.91 Å². The molecule has 25 heavy (non-hydrogen) atoms. The molecular formula is C19H25N3O2S. The van der Waals surface area contributed by atoms with Crippen LogP contribution in [0.3, 0.4) is 0 Å². The zero-order chi connectivity index (χ0) is 18.1. The van der Waals surface area contributed by atoms with Crippen LogP contribution in [0.15, 0.2) is 29.4 Å². The van der Waals surface area contributed by atoms with Gasteiger partial charge in [-0.05, 0) is 38.0 Å². The molecule has 1 amide bonds. The molecule has 0 unspecified atom stereocenters. The number of aryl methyl sites for hydroxylation is 2. The molecule has 0 saturated heterocycles. The SMILES string of the molecule is CCCCCCOc1cccc(/C=N/NC(=O)c2sc(C)nc2C)c1. The number of carbonyl (C=O) groups excluding carboxylic acids is 1. The molecular weight excluding hydrogens is 334 g/mol. The second-order valence-electron chi connectivity index (χ2n) is 5.83. The fraction of sp³-hybridized carbons (Fsp3) is 0.421. The molecule has 0 aliphatic rings. The second kappa shape index (κ2) is 9.93. The average molecular weight is 359 g/mol. The number of hydrogen-bond acceptors (Lipinski definition) is 5. The summed E-state index contributed by atoms with van der Waals surface area (Å²) < 4.78 is 5.75. The Kier molecular flexibility index (Phi) is 7.60. The molecule has 0 radical (unpaired) electrons. The van der Waals surface area contributed by atoms with Crippen LogP contribution in [0, 0.1) is 13.8 Å². The van der Waals surface area contributed by atoms with Crippen LogP contribution in [0.1, 0.15) is 58.5 Å². The number of rotatable bonds is 9. The van der Waals surface area contributed by atoms with Crippen LogP contribution in [0.25, 0.3) is 0 Å². The number of hydrogen-bond donors (Lipinski definition) is 1. The van der Waals surface area contributed by atoms with Crippen molar-refractivity contribution in [3.05, 3.63) is 45.4 Å². The molecule has 0 fully saturated rings. The molecule has 1 aromatic carbocycles. The van der Waals surface area contributed by atoms with Gasteiger partial charge in [0.05, 0.1) is 23.5 Å². The van der Waals surface area contributed by atoms with Gasteiger partial charge in [-0.1, -0.05) is 38.3 Å². The van der Waals surface area contributed by atoms with Crippen LogP contribution >= 0.6 is 11.3 Å². The van der Waals surface area contributed by atoms with Crippen molar-refractivity contribution >= 4 is 23.5 Å². The van der Waals surface area contributed by atoms with E-state index in [4.69, 9.17) is 4.74 Å². The minimum Gasteiger partial charge on any atom is -0.494 e. The molecule has 2 rings (SSSR count). The van der Waals surface area contributed by atoms with Gasteiger partial charge in [-0.15, -0.1) is 11.3 Å². The largest absolute Gasteiger partial charge is 0.494 e. The normalized spacial score (nSPS) is 11.0. The summed E-state index contributed by atoms with van der Waals surface area (Å²) in [5, 5.41) is 4.90. The first-order chi connectivity index (χ1) is 12.1. The Morgan fingerprint density at radius 2 is 2.16 bits per heavy atom. The topological polar surface area (TPSA) is 63.6 Å². The van der Waals surface area contributed by atoms with Gasteiger partial charge in [-0.2, -0.15) is 5.10 Å². The number of nitrogens with one attached hydrogen (secondary N) is 1. The summed E-state index contributed by atoms with van der Waals surface area (Å²) in [5.41, 5.74) is 4.16. The Labute approximate surface area is 153 Å². The van der Waals surface area contributed by atoms with Crippen LogP contribution in [0.4, 0.5) is 0 Å². The summed E-state index contributed by atoms with van der Waals surface area (Å²) in [6.07, 6.45) is 6.34. The summed E-state index contributed by atoms with van der Waals surface area (Å²) in [7, 11) is 0. The van der Waals surface area contributed by atoms with Gasteiger partial charge in [0.15, 0.2) is 0 Å². The number of aromatic nitrogens is 1. The van der Waals surface area contributed by atoms with Gasteiger partial charge in [0.2, 0.25) is 0 Å². The molecule has 0 bridgehead atoms. The smallest absolute Gasteiger partial charge is 0.283 e. The molecule has 0 aliphatic heterocycles. The Hall–Kier alpha value is -2.21. The lowest BCUT2D eigenvalue weighted by atomic mass is 10.2. The fourth-order valence-electron chi connectivity index (χ4n) is 2.36. The van der Waals surface area contributed by atoms with Crippen LogP contribution in [-0.4, -0.2) is 23.7 Å². The second-order valence-corrected chi connectivity index (χ2v) is 7.03. The minimum atomic E-state index is -0.234. The highest BCUT2D eigenvalue weighted by molar-refractivity contribution is 7.13. The maximum Gasteiger partial charge on any atom is 0.283 e. The van der Waals surface area contributed by atoms with Gasteiger partial charge >= 0.3 is 0 Å². The maximum atomic E-state index is 12.1. The van der Waals surface area contributed by atoms with Crippen LogP contribution in [-0.2, 0) is 0 Å². The standard InChI is InChI=1S/C19H25N3O2S/c1-4-5-6-7-11-24-17-10-8-9-16(12-17)13-20-22-19(23)18-14(2)21-15(3)25-18/h8-10,12-13H,4-7,11H2,1-3H3,(H,22,23)/b20-13+. The number of carbonyl (C=O) groups is 1. The van der Waals surface area contributed by atoms with Gasteiger partial charge in [0, 0.05) is 0 Å². The Bertz CT molecular complexity index is 725. The summed E-state index contributed by atoms with van der Waals surface area (Å²) >= 11 is 1.37. The molecule has 5 nitrogen and oxygen atoms in total. The van der Waals surface area contributed by atoms with E-state index < -0.39 is 0 Å². The van der Waals surface area contributed by atoms with Crippen molar-refractivity contribution < 1.29 is 9.53 Å². The molecule has 0 aliphatic carbocycles. The molecule has 0 atom stereocenters. The monoisotopic (exact) mass is 359 g/mol. The molecule has 2 aromatic rings. The van der Waals surface area contributed by atoms with E-state index in [2.05, 4.69) is 22.4 Å². The molecule has 134 valence electrons. The molecule has 0 spiro atoms. The predicted molar refractivity (Wildman–Crippen MR) is 103 cm³/mol. The van der Waals surface area contributed by atoms with Gasteiger partial charge in [0.25, 0.3) is 5.91 Å². The maximum absolute atomic E-state index is 12.1. The Morgan fingerprint density at radius 1 is 1.32 bits per heavy atom. The van der Waals surface area contributed by atoms with Crippen LogP contribution in [0.2, 0.25) is 0 Å². The highest BCUT2D eigenvalue weighted by atomic mass is 32.1. The highest BCUT2D eigenvalue weighted by Gasteiger charge is 2.12. The van der Waals surface area contributed by atoms with E-state index >= 15 is 0 Å². The van der Waals surface area contributed by atoms with Gasteiger partial charge in [0.1, 0.15) is 10.6 Å². The van der Waals surface area contributed by atoms with Crippen molar-refractivity contribution in [3.63, 3.8) is 0 Å². The van der Waals surface area contributed by atoms with Crippen LogP contribution < -0.4 is 10.2 Å². The third kappa shape index (κ3) is 6.31.